The fraction of sp³-hybridized carbons (Fsp3) is 0.667. The minimum atomic E-state index is 0.752. The summed E-state index contributed by atoms with van der Waals surface area (Å²) in [4.78, 5) is 0. The summed E-state index contributed by atoms with van der Waals surface area (Å²) in [7, 11) is 0. The highest BCUT2D eigenvalue weighted by molar-refractivity contribution is 5.89. The van der Waals surface area contributed by atoms with Crippen LogP contribution < -0.4 is 0 Å². The maximum atomic E-state index is 7.08. The van der Waals surface area contributed by atoms with E-state index in [0.717, 1.165) is 18.6 Å². The minimum absolute atomic E-state index is 0.752. The lowest BCUT2D eigenvalue weighted by Gasteiger charge is -1.91. The first kappa shape index (κ1) is 6.67. The smallest absolute Gasteiger partial charge is 0.0124 e. The molecule has 0 aliphatic heterocycles. The van der Waals surface area contributed by atoms with Crippen molar-refractivity contribution in [2.45, 2.75) is 26.7 Å². The zero-order valence-corrected chi connectivity index (χ0v) is 4.99. The maximum Gasteiger partial charge on any atom is 0.0124 e. The molecule has 0 aromatic carbocycles. The van der Waals surface area contributed by atoms with Crippen LogP contribution in [0.25, 0.3) is 0 Å². The number of hydrogen-bond donors (Lipinski definition) is 1. The summed E-state index contributed by atoms with van der Waals surface area (Å²) in [5, 5.41) is 7.08. The molecular weight excluding hydrogens is 86.1 g/mol. The van der Waals surface area contributed by atoms with E-state index in [1.807, 2.05) is 20.3 Å². The molecular formula is C6H12N. The summed E-state index contributed by atoms with van der Waals surface area (Å²) in [5.74, 6) is 0. The largest absolute Gasteiger partial charge is 0.309 e. The van der Waals surface area contributed by atoms with E-state index in [9.17, 15) is 0 Å². The van der Waals surface area contributed by atoms with Gasteiger partial charge in [0.15, 0.2) is 0 Å². The summed E-state index contributed by atoms with van der Waals surface area (Å²) in [6, 6.07) is 0. The molecule has 0 amide bonds. The Morgan fingerprint density at radius 2 is 2.14 bits per heavy atom. The number of hydrogen-bond acceptors (Lipinski definition) is 1. The Morgan fingerprint density at radius 3 is 2.29 bits per heavy atom. The summed E-state index contributed by atoms with van der Waals surface area (Å²) >= 11 is 0. The van der Waals surface area contributed by atoms with Crippen molar-refractivity contribution in [1.82, 2.24) is 0 Å². The van der Waals surface area contributed by atoms with Gasteiger partial charge in [-0.25, -0.2) is 0 Å². The van der Waals surface area contributed by atoms with E-state index in [0.29, 0.717) is 0 Å². The highest BCUT2D eigenvalue weighted by Gasteiger charge is 1.86. The van der Waals surface area contributed by atoms with Crippen LogP contribution in [0.4, 0.5) is 0 Å². The average Bonchev–Trinajstić information content (AvgIpc) is 1.68. The molecule has 0 aromatic rings. The van der Waals surface area contributed by atoms with Gasteiger partial charge >= 0.3 is 0 Å². The minimum Gasteiger partial charge on any atom is -0.309 e. The Bertz CT molecular complexity index is 57.2. The molecule has 0 heterocycles. The van der Waals surface area contributed by atoms with Gasteiger partial charge in [0.2, 0.25) is 0 Å². The fourth-order valence-electron chi connectivity index (χ4n) is 0.391. The normalized spacial score (nSPS) is 8.86. The quantitative estimate of drug-likeness (QED) is 0.522. The van der Waals surface area contributed by atoms with Crippen LogP contribution >= 0.6 is 0 Å². The molecule has 0 unspecified atom stereocenters. The van der Waals surface area contributed by atoms with Crippen molar-refractivity contribution in [3.05, 3.63) is 6.42 Å². The van der Waals surface area contributed by atoms with Gasteiger partial charge in [-0.2, -0.15) is 0 Å². The Hall–Kier alpha value is -0.330. The monoisotopic (exact) mass is 98.1 g/mol. The Kier molecular flexibility index (Phi) is 3.67. The Labute approximate surface area is 45.2 Å². The molecule has 41 valence electrons. The molecule has 0 aliphatic carbocycles. The van der Waals surface area contributed by atoms with Crippen LogP contribution in [0, 0.1) is 11.8 Å². The third kappa shape index (κ3) is 3.50. The maximum absolute atomic E-state index is 7.08. The highest BCUT2D eigenvalue weighted by atomic mass is 14.4. The van der Waals surface area contributed by atoms with Crippen molar-refractivity contribution < 1.29 is 0 Å². The summed E-state index contributed by atoms with van der Waals surface area (Å²) in [5.41, 5.74) is 0.752. The van der Waals surface area contributed by atoms with Crippen molar-refractivity contribution in [3.8, 4) is 0 Å². The van der Waals surface area contributed by atoms with Crippen LogP contribution in [-0.2, 0) is 0 Å². The molecule has 0 spiro atoms. The fourth-order valence-corrected chi connectivity index (χ4v) is 0.391. The third-order valence-corrected chi connectivity index (χ3v) is 0.831. The van der Waals surface area contributed by atoms with Crippen LogP contribution in [-0.4, -0.2) is 5.71 Å². The van der Waals surface area contributed by atoms with Gasteiger partial charge in [0.25, 0.3) is 0 Å². The van der Waals surface area contributed by atoms with Crippen molar-refractivity contribution in [2.75, 3.05) is 0 Å². The Balaban J connectivity index is 3.00. The molecule has 1 radical (unpaired) electrons. The summed E-state index contributed by atoms with van der Waals surface area (Å²) < 4.78 is 0. The van der Waals surface area contributed by atoms with Gasteiger partial charge < -0.3 is 5.41 Å². The number of rotatable bonds is 3. The first-order valence-corrected chi connectivity index (χ1v) is 2.71. The zero-order valence-electron chi connectivity index (χ0n) is 4.99. The Morgan fingerprint density at radius 1 is 1.57 bits per heavy atom. The van der Waals surface area contributed by atoms with Crippen molar-refractivity contribution in [2.24, 2.45) is 0 Å². The predicted molar refractivity (Wildman–Crippen MR) is 32.6 cm³/mol. The second-order valence-electron chi connectivity index (χ2n) is 1.49. The SMILES string of the molecule is CC[CH]C(=N)CC. The molecule has 1 nitrogen and oxygen atoms in total. The lowest BCUT2D eigenvalue weighted by atomic mass is 10.2. The van der Waals surface area contributed by atoms with E-state index in [2.05, 4.69) is 0 Å². The first-order chi connectivity index (χ1) is 3.31. The summed E-state index contributed by atoms with van der Waals surface area (Å²) in [6.07, 6.45) is 3.79. The molecule has 0 atom stereocenters. The van der Waals surface area contributed by atoms with E-state index in [1.165, 1.54) is 0 Å². The van der Waals surface area contributed by atoms with Gasteiger partial charge in [-0.1, -0.05) is 13.8 Å². The molecule has 0 rings (SSSR count). The zero-order chi connectivity index (χ0) is 5.70. The molecule has 1 heteroatoms. The van der Waals surface area contributed by atoms with Crippen LogP contribution in [0.5, 0.6) is 0 Å². The van der Waals surface area contributed by atoms with E-state index in [1.54, 1.807) is 0 Å². The van der Waals surface area contributed by atoms with Crippen LogP contribution in [0.1, 0.15) is 26.7 Å². The first-order valence-electron chi connectivity index (χ1n) is 2.71. The molecule has 1 N–H and O–H groups in total. The van der Waals surface area contributed by atoms with Gasteiger partial charge in [-0.3, -0.25) is 0 Å². The summed E-state index contributed by atoms with van der Waals surface area (Å²) in [6.45, 7) is 4.04. The standard InChI is InChI=1S/C6H12N/c1-3-5-6(7)4-2/h5,7H,3-4H2,1-2H3. The number of nitrogens with one attached hydrogen (secondary N) is 1. The van der Waals surface area contributed by atoms with Crippen LogP contribution in [0.2, 0.25) is 0 Å². The molecule has 0 saturated carbocycles. The highest BCUT2D eigenvalue weighted by Crippen LogP contribution is 1.89. The predicted octanol–water partition coefficient (Wildman–Crippen LogP) is 2.03. The molecule has 0 fully saturated rings. The van der Waals surface area contributed by atoms with Gasteiger partial charge in [0, 0.05) is 12.1 Å². The van der Waals surface area contributed by atoms with Crippen molar-refractivity contribution in [3.63, 3.8) is 0 Å². The van der Waals surface area contributed by atoms with Crippen LogP contribution in [0.15, 0.2) is 0 Å². The van der Waals surface area contributed by atoms with E-state index in [-0.39, 0.29) is 0 Å². The molecule has 0 bridgehead atoms. The van der Waals surface area contributed by atoms with Gasteiger partial charge in [-0.05, 0) is 12.8 Å². The topological polar surface area (TPSA) is 23.9 Å². The van der Waals surface area contributed by atoms with Gasteiger partial charge in [0.05, 0.1) is 0 Å². The lowest BCUT2D eigenvalue weighted by molar-refractivity contribution is 1.12. The third-order valence-electron chi connectivity index (χ3n) is 0.831. The molecule has 7 heavy (non-hydrogen) atoms. The van der Waals surface area contributed by atoms with Gasteiger partial charge in [0.1, 0.15) is 0 Å². The van der Waals surface area contributed by atoms with E-state index < -0.39 is 0 Å². The van der Waals surface area contributed by atoms with E-state index >= 15 is 0 Å². The molecule has 0 aliphatic rings. The average molecular weight is 98.2 g/mol. The second kappa shape index (κ2) is 3.85. The molecule has 0 aromatic heterocycles. The second-order valence-corrected chi connectivity index (χ2v) is 1.49. The van der Waals surface area contributed by atoms with Crippen LogP contribution in [0.3, 0.4) is 0 Å². The van der Waals surface area contributed by atoms with Gasteiger partial charge in [-0.15, -0.1) is 0 Å². The lowest BCUT2D eigenvalue weighted by Crippen LogP contribution is -1.91. The molecule has 0 saturated heterocycles. The van der Waals surface area contributed by atoms with Crippen molar-refractivity contribution in [1.29, 1.82) is 5.41 Å². The van der Waals surface area contributed by atoms with E-state index in [4.69, 9.17) is 5.41 Å². The van der Waals surface area contributed by atoms with Crippen molar-refractivity contribution >= 4 is 5.71 Å².